The van der Waals surface area contributed by atoms with Crippen molar-refractivity contribution in [3.63, 3.8) is 0 Å². The summed E-state index contributed by atoms with van der Waals surface area (Å²) in [5, 5.41) is 4.54. The monoisotopic (exact) mass is 278 g/mol. The second kappa shape index (κ2) is 6.05. The fraction of sp³-hybridized carbons (Fsp3) is 0.308. The van der Waals surface area contributed by atoms with E-state index in [2.05, 4.69) is 10.6 Å². The first kappa shape index (κ1) is 13.9. The van der Waals surface area contributed by atoms with Crippen LogP contribution in [0.3, 0.4) is 0 Å². The topological polar surface area (TPSA) is 93.7 Å². The molecule has 1 aliphatic heterocycles. The molecule has 1 fully saturated rings. The SMILES string of the molecule is COc1ccccc1OCC(=O)NC1CC(=O)NC1=O. The Kier molecular flexibility index (Phi) is 4.19. The van der Waals surface area contributed by atoms with E-state index >= 15 is 0 Å². The van der Waals surface area contributed by atoms with Crippen molar-refractivity contribution in [2.24, 2.45) is 0 Å². The maximum Gasteiger partial charge on any atom is 0.258 e. The van der Waals surface area contributed by atoms with Gasteiger partial charge in [-0.25, -0.2) is 0 Å². The van der Waals surface area contributed by atoms with Gasteiger partial charge in [-0.1, -0.05) is 12.1 Å². The first-order valence-corrected chi connectivity index (χ1v) is 5.99. The van der Waals surface area contributed by atoms with Gasteiger partial charge in [0.2, 0.25) is 11.8 Å². The highest BCUT2D eigenvalue weighted by Gasteiger charge is 2.31. The molecule has 3 amide bonds. The standard InChI is InChI=1S/C13H14N2O5/c1-19-9-4-2-3-5-10(9)20-7-12(17)14-8-6-11(16)15-13(8)18/h2-5,8H,6-7H2,1H3,(H,14,17)(H,15,16,18). The van der Waals surface area contributed by atoms with Crippen molar-refractivity contribution in [1.29, 1.82) is 0 Å². The molecule has 106 valence electrons. The average molecular weight is 278 g/mol. The normalized spacial score (nSPS) is 17.6. The summed E-state index contributed by atoms with van der Waals surface area (Å²) < 4.78 is 10.4. The zero-order valence-corrected chi connectivity index (χ0v) is 10.8. The minimum atomic E-state index is -0.823. The van der Waals surface area contributed by atoms with Gasteiger partial charge in [0, 0.05) is 0 Å². The van der Waals surface area contributed by atoms with Crippen molar-refractivity contribution in [2.45, 2.75) is 12.5 Å². The third kappa shape index (κ3) is 3.25. The van der Waals surface area contributed by atoms with Crippen molar-refractivity contribution in [2.75, 3.05) is 13.7 Å². The number of hydrogen-bond donors (Lipinski definition) is 2. The summed E-state index contributed by atoms with van der Waals surface area (Å²) in [6, 6.07) is 6.07. The van der Waals surface area contributed by atoms with Crippen LogP contribution in [0.5, 0.6) is 11.5 Å². The molecule has 0 bridgehead atoms. The van der Waals surface area contributed by atoms with Gasteiger partial charge in [0.15, 0.2) is 18.1 Å². The molecule has 20 heavy (non-hydrogen) atoms. The first-order valence-electron chi connectivity index (χ1n) is 5.99. The van der Waals surface area contributed by atoms with Gasteiger partial charge in [0.25, 0.3) is 5.91 Å². The number of para-hydroxylation sites is 2. The van der Waals surface area contributed by atoms with Gasteiger partial charge in [-0.3, -0.25) is 19.7 Å². The van der Waals surface area contributed by atoms with E-state index in [4.69, 9.17) is 9.47 Å². The number of ether oxygens (including phenoxy) is 2. The Morgan fingerprint density at radius 3 is 2.65 bits per heavy atom. The number of imide groups is 1. The Morgan fingerprint density at radius 1 is 1.35 bits per heavy atom. The van der Waals surface area contributed by atoms with Crippen LogP contribution >= 0.6 is 0 Å². The van der Waals surface area contributed by atoms with Gasteiger partial charge in [-0.05, 0) is 12.1 Å². The highest BCUT2D eigenvalue weighted by atomic mass is 16.5. The highest BCUT2D eigenvalue weighted by Crippen LogP contribution is 2.25. The Bertz CT molecular complexity index is 543. The summed E-state index contributed by atoms with van der Waals surface area (Å²) in [7, 11) is 1.50. The van der Waals surface area contributed by atoms with Crippen LogP contribution < -0.4 is 20.1 Å². The van der Waals surface area contributed by atoms with E-state index in [0.717, 1.165) is 0 Å². The quantitative estimate of drug-likeness (QED) is 0.715. The predicted molar refractivity (Wildman–Crippen MR) is 68.2 cm³/mol. The molecule has 7 heteroatoms. The van der Waals surface area contributed by atoms with Crippen LogP contribution in [-0.4, -0.2) is 37.5 Å². The zero-order chi connectivity index (χ0) is 14.5. The predicted octanol–water partition coefficient (Wildman–Crippen LogP) is -0.395. The molecule has 1 unspecified atom stereocenters. The third-order valence-corrected chi connectivity index (χ3v) is 2.73. The van der Waals surface area contributed by atoms with Crippen molar-refractivity contribution in [3.8, 4) is 11.5 Å². The fourth-order valence-corrected chi connectivity index (χ4v) is 1.79. The summed E-state index contributed by atoms with van der Waals surface area (Å²) in [5.41, 5.74) is 0. The fourth-order valence-electron chi connectivity index (χ4n) is 1.79. The summed E-state index contributed by atoms with van der Waals surface area (Å²) in [4.78, 5) is 33.9. The maximum atomic E-state index is 11.7. The largest absolute Gasteiger partial charge is 0.493 e. The molecule has 1 atom stereocenters. The molecule has 0 radical (unpaired) electrons. The summed E-state index contributed by atoms with van der Waals surface area (Å²) in [6.07, 6.45) is -0.0424. The summed E-state index contributed by atoms with van der Waals surface area (Å²) in [6.45, 7) is -0.266. The molecule has 7 nitrogen and oxygen atoms in total. The van der Waals surface area contributed by atoms with Crippen LogP contribution in [0.2, 0.25) is 0 Å². The van der Waals surface area contributed by atoms with Crippen molar-refractivity contribution >= 4 is 17.7 Å². The van der Waals surface area contributed by atoms with E-state index in [1.165, 1.54) is 7.11 Å². The molecule has 1 aromatic rings. The van der Waals surface area contributed by atoms with Crippen LogP contribution in [0.4, 0.5) is 0 Å². The lowest BCUT2D eigenvalue weighted by atomic mass is 10.2. The molecule has 0 aliphatic carbocycles. The lowest BCUT2D eigenvalue weighted by Gasteiger charge is -2.12. The third-order valence-electron chi connectivity index (χ3n) is 2.73. The van der Waals surface area contributed by atoms with Gasteiger partial charge in [-0.2, -0.15) is 0 Å². The van der Waals surface area contributed by atoms with Crippen LogP contribution in [0, 0.1) is 0 Å². The van der Waals surface area contributed by atoms with Crippen molar-refractivity contribution < 1.29 is 23.9 Å². The molecule has 1 aliphatic rings. The molecule has 2 rings (SSSR count). The number of methoxy groups -OCH3 is 1. The van der Waals surface area contributed by atoms with E-state index in [0.29, 0.717) is 11.5 Å². The van der Waals surface area contributed by atoms with E-state index in [-0.39, 0.29) is 13.0 Å². The number of hydrogen-bond acceptors (Lipinski definition) is 5. The maximum absolute atomic E-state index is 11.7. The Balaban J connectivity index is 1.86. The number of benzene rings is 1. The van der Waals surface area contributed by atoms with Gasteiger partial charge >= 0.3 is 0 Å². The lowest BCUT2D eigenvalue weighted by molar-refractivity contribution is -0.129. The zero-order valence-electron chi connectivity index (χ0n) is 10.8. The Hall–Kier alpha value is -2.57. The molecule has 0 spiro atoms. The summed E-state index contributed by atoms with van der Waals surface area (Å²) >= 11 is 0. The molecular weight excluding hydrogens is 264 g/mol. The van der Waals surface area contributed by atoms with Crippen LogP contribution in [0.15, 0.2) is 24.3 Å². The van der Waals surface area contributed by atoms with Crippen molar-refractivity contribution in [3.05, 3.63) is 24.3 Å². The van der Waals surface area contributed by atoms with Crippen LogP contribution in [-0.2, 0) is 14.4 Å². The van der Waals surface area contributed by atoms with Gasteiger partial charge in [0.05, 0.1) is 13.5 Å². The molecule has 1 heterocycles. The minimum absolute atomic E-state index is 0.0424. The number of amides is 3. The first-order chi connectivity index (χ1) is 9.60. The molecule has 1 aromatic carbocycles. The Morgan fingerprint density at radius 2 is 2.05 bits per heavy atom. The molecule has 1 saturated heterocycles. The molecule has 0 aromatic heterocycles. The molecule has 0 saturated carbocycles. The average Bonchev–Trinajstić information content (AvgIpc) is 2.75. The number of carbonyl (C=O) groups is 3. The Labute approximate surface area is 115 Å². The highest BCUT2D eigenvalue weighted by molar-refractivity contribution is 6.06. The number of nitrogens with one attached hydrogen (secondary N) is 2. The second-order valence-electron chi connectivity index (χ2n) is 4.18. The smallest absolute Gasteiger partial charge is 0.258 e. The van der Waals surface area contributed by atoms with E-state index in [1.807, 2.05) is 0 Å². The second-order valence-corrected chi connectivity index (χ2v) is 4.18. The van der Waals surface area contributed by atoms with Gasteiger partial charge in [0.1, 0.15) is 6.04 Å². The minimum Gasteiger partial charge on any atom is -0.493 e. The van der Waals surface area contributed by atoms with E-state index < -0.39 is 23.8 Å². The molecule has 2 N–H and O–H groups in total. The van der Waals surface area contributed by atoms with Crippen LogP contribution in [0.1, 0.15) is 6.42 Å². The number of carbonyl (C=O) groups excluding carboxylic acids is 3. The van der Waals surface area contributed by atoms with E-state index in [1.54, 1.807) is 24.3 Å². The number of rotatable bonds is 5. The van der Waals surface area contributed by atoms with Crippen LogP contribution in [0.25, 0.3) is 0 Å². The molecular formula is C13H14N2O5. The van der Waals surface area contributed by atoms with Crippen molar-refractivity contribution in [1.82, 2.24) is 10.6 Å². The summed E-state index contributed by atoms with van der Waals surface area (Å²) in [5.74, 6) is -0.441. The van der Waals surface area contributed by atoms with Gasteiger partial charge < -0.3 is 14.8 Å². The lowest BCUT2D eigenvalue weighted by Crippen LogP contribution is -2.42. The van der Waals surface area contributed by atoms with E-state index in [9.17, 15) is 14.4 Å². The van der Waals surface area contributed by atoms with Gasteiger partial charge in [-0.15, -0.1) is 0 Å².